The van der Waals surface area contributed by atoms with Gasteiger partial charge in [0.1, 0.15) is 0 Å². The third kappa shape index (κ3) is 8.17. The molecule has 7 N–H and O–H groups in total. The summed E-state index contributed by atoms with van der Waals surface area (Å²) in [6.45, 7) is -1.14. The standard InChI is InChI=1S/C20H29NO9P2/c22-13-20(14-23,15-24)21(9-16-1-5-18(6-2-16)11-31(25,26)27)10-17-3-7-19(8-4-17)12-32(28,29)30/h1-8,22-24H,9-15H2,(H2,25,26,27)(H2,28,29,30). The van der Waals surface area contributed by atoms with E-state index >= 15 is 0 Å². The van der Waals surface area contributed by atoms with E-state index in [2.05, 4.69) is 0 Å². The number of benzene rings is 2. The highest BCUT2D eigenvalue weighted by Gasteiger charge is 2.35. The lowest BCUT2D eigenvalue weighted by atomic mass is 9.97. The van der Waals surface area contributed by atoms with Crippen molar-refractivity contribution in [2.75, 3.05) is 19.8 Å². The fourth-order valence-corrected chi connectivity index (χ4v) is 4.63. The summed E-state index contributed by atoms with van der Waals surface area (Å²) >= 11 is 0. The van der Waals surface area contributed by atoms with Crippen LogP contribution in [0.4, 0.5) is 0 Å². The van der Waals surface area contributed by atoms with Crippen LogP contribution >= 0.6 is 15.2 Å². The lowest BCUT2D eigenvalue weighted by molar-refractivity contribution is -0.0568. The lowest BCUT2D eigenvalue weighted by Crippen LogP contribution is -2.56. The Morgan fingerprint density at radius 3 is 1.12 bits per heavy atom. The van der Waals surface area contributed by atoms with Crippen LogP contribution in [0.1, 0.15) is 22.3 Å². The van der Waals surface area contributed by atoms with E-state index in [9.17, 15) is 24.4 Å². The second-order valence-electron chi connectivity index (χ2n) is 7.83. The lowest BCUT2D eigenvalue weighted by Gasteiger charge is -2.40. The Kier molecular flexibility index (Phi) is 9.34. The molecule has 32 heavy (non-hydrogen) atoms. The van der Waals surface area contributed by atoms with Crippen molar-refractivity contribution in [1.29, 1.82) is 0 Å². The molecule has 0 atom stereocenters. The van der Waals surface area contributed by atoms with E-state index in [-0.39, 0.29) is 25.4 Å². The van der Waals surface area contributed by atoms with E-state index in [1.165, 1.54) is 0 Å². The van der Waals surface area contributed by atoms with Crippen molar-refractivity contribution in [2.45, 2.75) is 31.0 Å². The zero-order chi connectivity index (χ0) is 24.0. The summed E-state index contributed by atoms with van der Waals surface area (Å²) < 4.78 is 22.3. The number of rotatable bonds is 12. The van der Waals surface area contributed by atoms with E-state index in [0.717, 1.165) is 11.1 Å². The molecule has 0 amide bonds. The maximum absolute atomic E-state index is 11.2. The Morgan fingerprint density at radius 1 is 0.594 bits per heavy atom. The molecule has 2 aromatic rings. The normalized spacial score (nSPS) is 13.0. The predicted molar refractivity (Wildman–Crippen MR) is 118 cm³/mol. The molecule has 0 aliphatic rings. The quantitative estimate of drug-likeness (QED) is 0.211. The Morgan fingerprint density at radius 2 is 0.875 bits per heavy atom. The van der Waals surface area contributed by atoms with Gasteiger partial charge in [-0.1, -0.05) is 48.5 Å². The topological polar surface area (TPSA) is 179 Å². The van der Waals surface area contributed by atoms with Gasteiger partial charge in [0, 0.05) is 13.1 Å². The van der Waals surface area contributed by atoms with Gasteiger partial charge in [0.05, 0.1) is 37.7 Å². The highest BCUT2D eigenvalue weighted by atomic mass is 31.2. The second-order valence-corrected chi connectivity index (χ2v) is 11.1. The fraction of sp³-hybridized carbons (Fsp3) is 0.400. The SMILES string of the molecule is O=P(O)(O)Cc1ccc(CN(Cc2ccc(CP(=O)(O)O)cc2)C(CO)(CO)CO)cc1. The molecule has 0 aliphatic heterocycles. The molecule has 0 aromatic heterocycles. The van der Waals surface area contributed by atoms with Gasteiger partial charge in [-0.15, -0.1) is 0 Å². The van der Waals surface area contributed by atoms with Crippen LogP contribution < -0.4 is 0 Å². The minimum Gasteiger partial charge on any atom is -0.394 e. The number of hydrogen-bond donors (Lipinski definition) is 7. The Balaban J connectivity index is 2.25. The van der Waals surface area contributed by atoms with Crippen LogP contribution in [0.3, 0.4) is 0 Å². The summed E-state index contributed by atoms with van der Waals surface area (Å²) in [4.78, 5) is 38.1. The number of aliphatic hydroxyl groups excluding tert-OH is 3. The van der Waals surface area contributed by atoms with Crippen LogP contribution in [0.25, 0.3) is 0 Å². The summed E-state index contributed by atoms with van der Waals surface area (Å²) in [5.74, 6) is 0. The van der Waals surface area contributed by atoms with Gasteiger partial charge in [0.25, 0.3) is 0 Å². The monoisotopic (exact) mass is 489 g/mol. The second kappa shape index (κ2) is 11.1. The van der Waals surface area contributed by atoms with E-state index in [4.69, 9.17) is 19.6 Å². The molecule has 0 saturated heterocycles. The van der Waals surface area contributed by atoms with Crippen LogP contribution in [0, 0.1) is 0 Å². The zero-order valence-electron chi connectivity index (χ0n) is 17.4. The Labute approximate surface area is 186 Å². The van der Waals surface area contributed by atoms with Gasteiger partial charge in [-0.3, -0.25) is 14.0 Å². The van der Waals surface area contributed by atoms with E-state index < -0.39 is 40.6 Å². The number of aliphatic hydroxyl groups is 3. The first-order valence-electron chi connectivity index (χ1n) is 9.72. The maximum atomic E-state index is 11.2. The molecule has 0 heterocycles. The molecule has 178 valence electrons. The van der Waals surface area contributed by atoms with Crippen molar-refractivity contribution in [3.8, 4) is 0 Å². The molecule has 0 bridgehead atoms. The van der Waals surface area contributed by atoms with Crippen molar-refractivity contribution in [2.24, 2.45) is 0 Å². The summed E-state index contributed by atoms with van der Waals surface area (Å²) in [7, 11) is -8.39. The van der Waals surface area contributed by atoms with Gasteiger partial charge in [-0.05, 0) is 22.3 Å². The van der Waals surface area contributed by atoms with Crippen molar-refractivity contribution >= 4 is 15.2 Å². The Hall–Kier alpha value is -1.42. The first-order valence-corrected chi connectivity index (χ1v) is 13.3. The first kappa shape index (κ1) is 26.8. The first-order chi connectivity index (χ1) is 14.9. The molecule has 0 radical (unpaired) electrons. The number of hydrogen-bond acceptors (Lipinski definition) is 6. The molecule has 2 aromatic carbocycles. The summed E-state index contributed by atoms with van der Waals surface area (Å²) in [5.41, 5.74) is 1.06. The fourth-order valence-electron chi connectivity index (χ4n) is 3.26. The molecule has 0 spiro atoms. The molecular weight excluding hydrogens is 460 g/mol. The summed E-state index contributed by atoms with van der Waals surface area (Å²) in [6, 6.07) is 13.1. The minimum atomic E-state index is -4.19. The third-order valence-electron chi connectivity index (χ3n) is 5.12. The van der Waals surface area contributed by atoms with Gasteiger partial charge in [-0.25, -0.2) is 0 Å². The van der Waals surface area contributed by atoms with Crippen LogP contribution in [-0.2, 0) is 34.5 Å². The molecular formula is C20H29NO9P2. The van der Waals surface area contributed by atoms with E-state index in [1.807, 2.05) is 0 Å². The van der Waals surface area contributed by atoms with Crippen LogP contribution in [0.15, 0.2) is 48.5 Å². The highest BCUT2D eigenvalue weighted by molar-refractivity contribution is 7.51. The van der Waals surface area contributed by atoms with E-state index in [0.29, 0.717) is 11.1 Å². The Bertz CT molecular complexity index is 872. The summed E-state index contributed by atoms with van der Waals surface area (Å²) in [5, 5.41) is 29.7. The molecule has 2 rings (SSSR count). The predicted octanol–water partition coefficient (Wildman–Crippen LogP) is 0.760. The highest BCUT2D eigenvalue weighted by Crippen LogP contribution is 2.39. The number of nitrogens with zero attached hydrogens (tertiary/aromatic N) is 1. The van der Waals surface area contributed by atoms with Gasteiger partial charge < -0.3 is 34.9 Å². The summed E-state index contributed by atoms with van der Waals surface area (Å²) in [6.07, 6.45) is -0.766. The molecule has 0 saturated carbocycles. The van der Waals surface area contributed by atoms with E-state index in [1.54, 1.807) is 53.4 Å². The zero-order valence-corrected chi connectivity index (χ0v) is 19.1. The molecule has 0 aliphatic carbocycles. The van der Waals surface area contributed by atoms with Crippen molar-refractivity contribution in [3.05, 3.63) is 70.8 Å². The van der Waals surface area contributed by atoms with Crippen LogP contribution in [-0.4, -0.2) is 65.2 Å². The van der Waals surface area contributed by atoms with Gasteiger partial charge in [-0.2, -0.15) is 0 Å². The van der Waals surface area contributed by atoms with Gasteiger partial charge in [0.2, 0.25) is 0 Å². The van der Waals surface area contributed by atoms with Crippen LogP contribution in [0.5, 0.6) is 0 Å². The molecule has 10 nitrogen and oxygen atoms in total. The average Bonchev–Trinajstić information content (AvgIpc) is 2.70. The molecule has 12 heteroatoms. The average molecular weight is 489 g/mol. The van der Waals surface area contributed by atoms with Crippen molar-refractivity contribution < 1.29 is 44.0 Å². The van der Waals surface area contributed by atoms with Gasteiger partial charge in [0.15, 0.2) is 0 Å². The minimum absolute atomic E-state index is 0.210. The van der Waals surface area contributed by atoms with Gasteiger partial charge >= 0.3 is 15.2 Å². The van der Waals surface area contributed by atoms with Crippen molar-refractivity contribution in [3.63, 3.8) is 0 Å². The van der Waals surface area contributed by atoms with Crippen LogP contribution in [0.2, 0.25) is 0 Å². The third-order valence-corrected chi connectivity index (χ3v) is 6.68. The largest absolute Gasteiger partial charge is 0.394 e. The molecule has 0 fully saturated rings. The van der Waals surface area contributed by atoms with Crippen molar-refractivity contribution in [1.82, 2.24) is 4.90 Å². The molecule has 0 unspecified atom stereocenters. The maximum Gasteiger partial charge on any atom is 0.329 e. The smallest absolute Gasteiger partial charge is 0.329 e.